The maximum absolute atomic E-state index is 12.5. The molecule has 0 N–H and O–H groups in total. The molecule has 0 atom stereocenters. The first-order chi connectivity index (χ1) is 13.0. The molecule has 0 aromatic heterocycles. The molecule has 0 unspecified atom stereocenters. The van der Waals surface area contributed by atoms with E-state index in [2.05, 4.69) is 0 Å². The molecule has 2 amide bonds. The lowest BCUT2D eigenvalue weighted by Gasteiger charge is -2.12. The van der Waals surface area contributed by atoms with E-state index < -0.39 is 0 Å². The zero-order chi connectivity index (χ0) is 19.2. The molecule has 1 aliphatic heterocycles. The number of allylic oxidation sites excluding steroid dienone is 2. The summed E-state index contributed by atoms with van der Waals surface area (Å²) in [6.07, 6.45) is 6.13. The Kier molecular flexibility index (Phi) is 6.14. The van der Waals surface area contributed by atoms with Gasteiger partial charge in [0.05, 0.1) is 4.91 Å². The number of amides is 2. The number of hydrogen-bond acceptors (Lipinski definition) is 4. The van der Waals surface area contributed by atoms with Gasteiger partial charge >= 0.3 is 0 Å². The summed E-state index contributed by atoms with van der Waals surface area (Å²) in [7, 11) is 4.00. The molecule has 3 rings (SSSR count). The highest BCUT2D eigenvalue weighted by atomic mass is 32.2. The van der Waals surface area contributed by atoms with Crippen molar-refractivity contribution in [2.75, 3.05) is 25.5 Å². The van der Waals surface area contributed by atoms with E-state index in [-0.39, 0.29) is 11.1 Å². The molecular weight excluding hydrogens is 356 g/mol. The zero-order valence-corrected chi connectivity index (χ0v) is 16.3. The van der Waals surface area contributed by atoms with Crippen molar-refractivity contribution in [3.8, 4) is 0 Å². The van der Waals surface area contributed by atoms with Gasteiger partial charge in [0.25, 0.3) is 11.1 Å². The second-order valence-electron chi connectivity index (χ2n) is 6.44. The molecule has 4 nitrogen and oxygen atoms in total. The number of benzene rings is 2. The molecule has 1 heterocycles. The number of hydrogen-bond donors (Lipinski definition) is 0. The van der Waals surface area contributed by atoms with Crippen molar-refractivity contribution in [3.63, 3.8) is 0 Å². The van der Waals surface area contributed by atoms with E-state index >= 15 is 0 Å². The summed E-state index contributed by atoms with van der Waals surface area (Å²) in [5, 5.41) is -0.203. The minimum absolute atomic E-state index is 0.203. The van der Waals surface area contributed by atoms with Crippen LogP contribution in [0.5, 0.6) is 0 Å². The Hall–Kier alpha value is -2.79. The van der Waals surface area contributed by atoms with Crippen molar-refractivity contribution in [3.05, 3.63) is 82.8 Å². The van der Waals surface area contributed by atoms with Crippen molar-refractivity contribution in [2.24, 2.45) is 0 Å². The largest absolute Gasteiger partial charge is 0.378 e. The topological polar surface area (TPSA) is 40.6 Å². The zero-order valence-electron chi connectivity index (χ0n) is 15.5. The minimum Gasteiger partial charge on any atom is -0.378 e. The van der Waals surface area contributed by atoms with Crippen LogP contribution in [0, 0.1) is 0 Å². The summed E-state index contributed by atoms with van der Waals surface area (Å²) in [6, 6.07) is 18.0. The first-order valence-electron chi connectivity index (χ1n) is 8.78. The van der Waals surface area contributed by atoms with Crippen molar-refractivity contribution >= 4 is 34.7 Å². The molecule has 1 saturated heterocycles. The number of imide groups is 1. The van der Waals surface area contributed by atoms with Crippen LogP contribution >= 0.6 is 11.8 Å². The quantitative estimate of drug-likeness (QED) is 0.690. The molecule has 0 bridgehead atoms. The van der Waals surface area contributed by atoms with Crippen LogP contribution in [0.25, 0.3) is 6.08 Å². The molecule has 2 aromatic rings. The van der Waals surface area contributed by atoms with Crippen LogP contribution in [0.3, 0.4) is 0 Å². The molecule has 5 heteroatoms. The molecular formula is C22H22N2O2S. The van der Waals surface area contributed by atoms with Gasteiger partial charge in [0.2, 0.25) is 0 Å². The Morgan fingerprint density at radius 3 is 2.37 bits per heavy atom. The molecule has 0 aliphatic carbocycles. The smallest absolute Gasteiger partial charge is 0.293 e. The van der Waals surface area contributed by atoms with Crippen LogP contribution in [0.1, 0.15) is 11.1 Å². The Morgan fingerprint density at radius 1 is 1.00 bits per heavy atom. The third kappa shape index (κ3) is 4.89. The fraction of sp³-hybridized carbons (Fsp3) is 0.182. The SMILES string of the molecule is CN(C)c1ccc(C=CC=C2SC(=O)N(CCc3ccccc3)C2=O)cc1. The van der Waals surface area contributed by atoms with Gasteiger partial charge in [0, 0.05) is 26.3 Å². The average Bonchev–Trinajstić information content (AvgIpc) is 2.94. The average molecular weight is 378 g/mol. The molecule has 1 aliphatic rings. The van der Waals surface area contributed by atoms with Gasteiger partial charge in [-0.2, -0.15) is 0 Å². The standard InChI is InChI=1S/C22H22N2O2S/c1-23(2)19-13-11-18(12-14-19)9-6-10-20-21(25)24(22(26)27-20)16-15-17-7-4-3-5-8-17/h3-14H,15-16H2,1-2H3. The minimum atomic E-state index is -0.214. The second kappa shape index (κ2) is 8.73. The summed E-state index contributed by atoms with van der Waals surface area (Å²) in [5.41, 5.74) is 3.29. The maximum Gasteiger partial charge on any atom is 0.293 e. The molecule has 0 radical (unpaired) electrons. The van der Waals surface area contributed by atoms with Crippen LogP contribution in [-0.4, -0.2) is 36.7 Å². The second-order valence-corrected chi connectivity index (χ2v) is 7.43. The van der Waals surface area contributed by atoms with Crippen LogP contribution in [0.15, 0.2) is 71.7 Å². The lowest BCUT2D eigenvalue weighted by molar-refractivity contribution is -0.122. The monoisotopic (exact) mass is 378 g/mol. The van der Waals surface area contributed by atoms with Gasteiger partial charge in [0.1, 0.15) is 0 Å². The summed E-state index contributed by atoms with van der Waals surface area (Å²) in [6.45, 7) is 0.404. The fourth-order valence-corrected chi connectivity index (χ4v) is 3.54. The van der Waals surface area contributed by atoms with Gasteiger partial charge in [-0.3, -0.25) is 14.5 Å². The summed E-state index contributed by atoms with van der Waals surface area (Å²) >= 11 is 0.999. The Bertz CT molecular complexity index is 871. The predicted molar refractivity (Wildman–Crippen MR) is 113 cm³/mol. The number of anilines is 1. The number of nitrogens with zero attached hydrogens (tertiary/aromatic N) is 2. The van der Waals surface area contributed by atoms with Gasteiger partial charge in [-0.05, 0) is 47.5 Å². The van der Waals surface area contributed by atoms with Crippen LogP contribution in [0.2, 0.25) is 0 Å². The van der Waals surface area contributed by atoms with E-state index in [1.54, 1.807) is 6.08 Å². The normalized spacial score (nSPS) is 15.9. The third-order valence-electron chi connectivity index (χ3n) is 4.29. The Balaban J connectivity index is 1.61. The molecule has 138 valence electrons. The predicted octanol–water partition coefficient (Wildman–Crippen LogP) is 4.59. The number of thioether (sulfide) groups is 1. The van der Waals surface area contributed by atoms with E-state index in [0.717, 1.165) is 28.6 Å². The van der Waals surface area contributed by atoms with E-state index in [1.807, 2.05) is 85.7 Å². The highest BCUT2D eigenvalue weighted by Gasteiger charge is 2.34. The summed E-state index contributed by atoms with van der Waals surface area (Å²) in [4.78, 5) is 28.5. The Morgan fingerprint density at radius 2 is 1.70 bits per heavy atom. The van der Waals surface area contributed by atoms with Crippen LogP contribution in [-0.2, 0) is 11.2 Å². The van der Waals surface area contributed by atoms with Crippen molar-refractivity contribution in [1.82, 2.24) is 4.90 Å². The maximum atomic E-state index is 12.5. The molecule has 0 spiro atoms. The van der Waals surface area contributed by atoms with E-state index in [9.17, 15) is 9.59 Å². The Labute approximate surface area is 164 Å². The van der Waals surface area contributed by atoms with Gasteiger partial charge in [-0.15, -0.1) is 0 Å². The molecule has 1 fully saturated rings. The third-order valence-corrected chi connectivity index (χ3v) is 5.21. The number of rotatable bonds is 6. The van der Waals surface area contributed by atoms with Crippen molar-refractivity contribution < 1.29 is 9.59 Å². The first-order valence-corrected chi connectivity index (χ1v) is 9.59. The van der Waals surface area contributed by atoms with Crippen molar-refractivity contribution in [2.45, 2.75) is 6.42 Å². The summed E-state index contributed by atoms with van der Waals surface area (Å²) < 4.78 is 0. The highest BCUT2D eigenvalue weighted by molar-refractivity contribution is 8.18. The van der Waals surface area contributed by atoms with Gasteiger partial charge in [-0.25, -0.2) is 0 Å². The molecule has 27 heavy (non-hydrogen) atoms. The fourth-order valence-electron chi connectivity index (χ4n) is 2.72. The lowest BCUT2D eigenvalue weighted by atomic mass is 10.1. The summed E-state index contributed by atoms with van der Waals surface area (Å²) in [5.74, 6) is -0.214. The van der Waals surface area contributed by atoms with E-state index in [1.165, 1.54) is 4.90 Å². The van der Waals surface area contributed by atoms with Gasteiger partial charge in [0.15, 0.2) is 0 Å². The lowest BCUT2D eigenvalue weighted by Crippen LogP contribution is -2.30. The van der Waals surface area contributed by atoms with Gasteiger partial charge < -0.3 is 4.90 Å². The van der Waals surface area contributed by atoms with Crippen LogP contribution in [0.4, 0.5) is 10.5 Å². The number of carbonyl (C=O) groups excluding carboxylic acids is 2. The van der Waals surface area contributed by atoms with Crippen molar-refractivity contribution in [1.29, 1.82) is 0 Å². The van der Waals surface area contributed by atoms with Gasteiger partial charge in [-0.1, -0.05) is 54.6 Å². The molecule has 2 aromatic carbocycles. The van der Waals surface area contributed by atoms with Crippen LogP contribution < -0.4 is 4.90 Å². The van der Waals surface area contributed by atoms with E-state index in [4.69, 9.17) is 0 Å². The first kappa shape index (κ1) is 19.0. The molecule has 0 saturated carbocycles. The van der Waals surface area contributed by atoms with E-state index in [0.29, 0.717) is 17.9 Å². The number of carbonyl (C=O) groups is 2. The highest BCUT2D eigenvalue weighted by Crippen LogP contribution is 2.30.